The van der Waals surface area contributed by atoms with Crippen LogP contribution in [0.5, 0.6) is 0 Å². The van der Waals surface area contributed by atoms with Gasteiger partial charge in [-0.15, -0.1) is 11.3 Å². The maximum absolute atomic E-state index is 11.9. The minimum Gasteiger partial charge on any atom is -0.480 e. The van der Waals surface area contributed by atoms with E-state index >= 15 is 0 Å². The molecular formula is C13H17NO4S. The van der Waals surface area contributed by atoms with Crippen LogP contribution in [0.25, 0.3) is 6.08 Å². The highest BCUT2D eigenvalue weighted by Crippen LogP contribution is 2.17. The number of hydrogen-bond donors (Lipinski definition) is 1. The monoisotopic (exact) mass is 283 g/mol. The molecule has 6 heteroatoms. The molecule has 1 aromatic heterocycles. The Morgan fingerprint density at radius 1 is 1.53 bits per heavy atom. The van der Waals surface area contributed by atoms with E-state index in [0.717, 1.165) is 10.4 Å². The highest BCUT2D eigenvalue weighted by atomic mass is 32.1. The van der Waals surface area contributed by atoms with Gasteiger partial charge in [0.05, 0.1) is 6.61 Å². The normalized spacial score (nSPS) is 10.8. The molecule has 0 saturated heterocycles. The lowest BCUT2D eigenvalue weighted by atomic mass is 10.2. The molecule has 1 amide bonds. The number of nitrogens with zero attached hydrogens (tertiary/aromatic N) is 1. The van der Waals surface area contributed by atoms with Crippen LogP contribution in [-0.2, 0) is 14.3 Å². The van der Waals surface area contributed by atoms with Gasteiger partial charge >= 0.3 is 5.97 Å². The fourth-order valence-electron chi connectivity index (χ4n) is 1.44. The van der Waals surface area contributed by atoms with Crippen LogP contribution < -0.4 is 0 Å². The standard InChI is InChI=1S/C13H17NO4S/c1-10-5-8-19-11(10)3-4-12(15)14(6-7-18-2)9-13(16)17/h3-5,8H,6-7,9H2,1-2H3,(H,16,17)/b4-3+. The molecule has 104 valence electrons. The first-order valence-electron chi connectivity index (χ1n) is 5.76. The molecule has 5 nitrogen and oxygen atoms in total. The van der Waals surface area contributed by atoms with Gasteiger partial charge in [0.2, 0.25) is 5.91 Å². The minimum atomic E-state index is -1.04. The van der Waals surface area contributed by atoms with Crippen molar-refractivity contribution in [1.82, 2.24) is 4.90 Å². The minimum absolute atomic E-state index is 0.259. The van der Waals surface area contributed by atoms with Gasteiger partial charge in [-0.25, -0.2) is 0 Å². The number of rotatable bonds is 7. The summed E-state index contributed by atoms with van der Waals surface area (Å²) in [5, 5.41) is 10.7. The molecule has 0 atom stereocenters. The third kappa shape index (κ3) is 5.23. The van der Waals surface area contributed by atoms with E-state index in [4.69, 9.17) is 9.84 Å². The summed E-state index contributed by atoms with van der Waals surface area (Å²) in [6.07, 6.45) is 3.11. The van der Waals surface area contributed by atoms with Crippen LogP contribution in [0, 0.1) is 6.92 Å². The third-order valence-electron chi connectivity index (χ3n) is 2.48. The van der Waals surface area contributed by atoms with Crippen LogP contribution >= 0.6 is 11.3 Å². The van der Waals surface area contributed by atoms with Gasteiger partial charge in [-0.05, 0) is 30.0 Å². The zero-order valence-corrected chi connectivity index (χ0v) is 11.8. The predicted octanol–water partition coefficient (Wildman–Crippen LogP) is 1.63. The fraction of sp³-hybridized carbons (Fsp3) is 0.385. The van der Waals surface area contributed by atoms with Crippen LogP contribution in [0.1, 0.15) is 10.4 Å². The largest absolute Gasteiger partial charge is 0.480 e. The van der Waals surface area contributed by atoms with E-state index in [1.54, 1.807) is 6.08 Å². The molecule has 1 aromatic rings. The van der Waals surface area contributed by atoms with Crippen molar-refractivity contribution in [2.45, 2.75) is 6.92 Å². The zero-order chi connectivity index (χ0) is 14.3. The van der Waals surface area contributed by atoms with Crippen molar-refractivity contribution in [2.24, 2.45) is 0 Å². The molecule has 1 rings (SSSR count). The molecule has 0 spiro atoms. The summed E-state index contributed by atoms with van der Waals surface area (Å²) in [6.45, 7) is 2.21. The SMILES string of the molecule is COCCN(CC(=O)O)C(=O)/C=C/c1sccc1C. The number of carboxylic acids is 1. The highest BCUT2D eigenvalue weighted by Gasteiger charge is 2.13. The Balaban J connectivity index is 2.68. The topological polar surface area (TPSA) is 66.8 Å². The van der Waals surface area contributed by atoms with E-state index in [0.29, 0.717) is 6.61 Å². The summed E-state index contributed by atoms with van der Waals surface area (Å²) in [4.78, 5) is 24.9. The number of aliphatic carboxylic acids is 1. The maximum Gasteiger partial charge on any atom is 0.323 e. The first kappa shape index (κ1) is 15.4. The molecule has 0 aromatic carbocycles. The molecule has 19 heavy (non-hydrogen) atoms. The number of carbonyl (C=O) groups excluding carboxylic acids is 1. The van der Waals surface area contributed by atoms with Crippen LogP contribution in [-0.4, -0.2) is 48.7 Å². The lowest BCUT2D eigenvalue weighted by Crippen LogP contribution is -2.36. The molecule has 0 aliphatic rings. The zero-order valence-electron chi connectivity index (χ0n) is 11.0. The van der Waals surface area contributed by atoms with Crippen LogP contribution in [0.4, 0.5) is 0 Å². The van der Waals surface area contributed by atoms with E-state index < -0.39 is 5.97 Å². The number of carbonyl (C=O) groups is 2. The Kier molecular flexibility index (Phi) is 6.24. The van der Waals surface area contributed by atoms with E-state index in [1.165, 1.54) is 29.4 Å². The van der Waals surface area contributed by atoms with Crippen LogP contribution in [0.3, 0.4) is 0 Å². The van der Waals surface area contributed by atoms with E-state index in [-0.39, 0.29) is 19.0 Å². The average Bonchev–Trinajstić information content (AvgIpc) is 2.76. The molecule has 0 aliphatic heterocycles. The molecule has 1 N–H and O–H groups in total. The molecule has 0 unspecified atom stereocenters. The summed E-state index contributed by atoms with van der Waals surface area (Å²) >= 11 is 1.54. The van der Waals surface area contributed by atoms with Gasteiger partial charge in [0.1, 0.15) is 6.54 Å². The second-order valence-electron chi connectivity index (χ2n) is 3.95. The quantitative estimate of drug-likeness (QED) is 0.772. The van der Waals surface area contributed by atoms with Gasteiger partial charge in [-0.3, -0.25) is 9.59 Å². The molecule has 1 heterocycles. The lowest BCUT2D eigenvalue weighted by molar-refractivity contribution is -0.143. The van der Waals surface area contributed by atoms with Crippen molar-refractivity contribution in [3.63, 3.8) is 0 Å². The van der Waals surface area contributed by atoms with Gasteiger partial charge in [0.15, 0.2) is 0 Å². The van der Waals surface area contributed by atoms with Gasteiger partial charge in [-0.2, -0.15) is 0 Å². The van der Waals surface area contributed by atoms with Crippen molar-refractivity contribution >= 4 is 29.3 Å². The fourth-order valence-corrected chi connectivity index (χ4v) is 2.26. The van der Waals surface area contributed by atoms with Crippen molar-refractivity contribution < 1.29 is 19.4 Å². The summed E-state index contributed by atoms with van der Waals surface area (Å²) in [5.74, 6) is -1.36. The van der Waals surface area contributed by atoms with Crippen LogP contribution in [0.15, 0.2) is 17.5 Å². The second-order valence-corrected chi connectivity index (χ2v) is 4.90. The lowest BCUT2D eigenvalue weighted by Gasteiger charge is -2.18. The number of hydrogen-bond acceptors (Lipinski definition) is 4. The van der Waals surface area contributed by atoms with E-state index in [2.05, 4.69) is 0 Å². The molecule has 0 fully saturated rings. The highest BCUT2D eigenvalue weighted by molar-refractivity contribution is 7.11. The Labute approximate surface area is 116 Å². The summed E-state index contributed by atoms with van der Waals surface area (Å²) in [5.41, 5.74) is 1.09. The number of aryl methyl sites for hydroxylation is 1. The van der Waals surface area contributed by atoms with Crippen LogP contribution in [0.2, 0.25) is 0 Å². The number of carboxylic acid groups (broad SMARTS) is 1. The third-order valence-corrected chi connectivity index (χ3v) is 3.47. The number of thiophene rings is 1. The van der Waals surface area contributed by atoms with E-state index in [1.807, 2.05) is 18.4 Å². The molecule has 0 bridgehead atoms. The second kappa shape index (κ2) is 7.70. The summed E-state index contributed by atoms with van der Waals surface area (Å²) < 4.78 is 4.86. The Hall–Kier alpha value is -1.66. The predicted molar refractivity (Wildman–Crippen MR) is 74.2 cm³/mol. The number of methoxy groups -OCH3 is 1. The van der Waals surface area contributed by atoms with E-state index in [9.17, 15) is 9.59 Å². The summed E-state index contributed by atoms with van der Waals surface area (Å²) in [6, 6.07) is 1.97. The Bertz CT molecular complexity index is 467. The summed E-state index contributed by atoms with van der Waals surface area (Å²) in [7, 11) is 1.51. The van der Waals surface area contributed by atoms with Gasteiger partial charge < -0.3 is 14.7 Å². The number of ether oxygens (including phenoxy) is 1. The first-order valence-corrected chi connectivity index (χ1v) is 6.64. The van der Waals surface area contributed by atoms with Gasteiger partial charge in [0, 0.05) is 24.6 Å². The van der Waals surface area contributed by atoms with Crippen molar-refractivity contribution in [1.29, 1.82) is 0 Å². The van der Waals surface area contributed by atoms with Crippen molar-refractivity contribution in [3.05, 3.63) is 28.0 Å². The average molecular weight is 283 g/mol. The van der Waals surface area contributed by atoms with Gasteiger partial charge in [-0.1, -0.05) is 0 Å². The first-order chi connectivity index (χ1) is 9.04. The molecular weight excluding hydrogens is 266 g/mol. The van der Waals surface area contributed by atoms with Crippen molar-refractivity contribution in [3.8, 4) is 0 Å². The Morgan fingerprint density at radius 2 is 2.26 bits per heavy atom. The molecule has 0 radical (unpaired) electrons. The Morgan fingerprint density at radius 3 is 2.79 bits per heavy atom. The number of amides is 1. The maximum atomic E-state index is 11.9. The molecule has 0 aliphatic carbocycles. The van der Waals surface area contributed by atoms with Gasteiger partial charge in [0.25, 0.3) is 0 Å². The van der Waals surface area contributed by atoms with Crippen molar-refractivity contribution in [2.75, 3.05) is 26.8 Å². The smallest absolute Gasteiger partial charge is 0.323 e. The molecule has 0 saturated carbocycles.